The lowest BCUT2D eigenvalue weighted by molar-refractivity contribution is -0.313. The van der Waals surface area contributed by atoms with E-state index >= 15 is 0 Å². The van der Waals surface area contributed by atoms with Gasteiger partial charge in [0.15, 0.2) is 0 Å². The normalized spacial score (nSPS) is 31.2. The Balaban J connectivity index is 1.80. The minimum atomic E-state index is -1.20. The number of ether oxygens (including phenoxy) is 1. The Morgan fingerprint density at radius 1 is 1.20 bits per heavy atom. The molecular weight excluding hydrogens is 326 g/mol. The molecule has 0 saturated carbocycles. The van der Waals surface area contributed by atoms with Crippen LogP contribution in [0.2, 0.25) is 0 Å². The van der Waals surface area contributed by atoms with Crippen LogP contribution in [0, 0.1) is 11.8 Å². The molecule has 1 aromatic carbocycles. The van der Waals surface area contributed by atoms with Crippen LogP contribution in [0.15, 0.2) is 28.7 Å². The Labute approximate surface area is 124 Å². The van der Waals surface area contributed by atoms with E-state index < -0.39 is 17.8 Å². The molecule has 1 amide bonds. The summed E-state index contributed by atoms with van der Waals surface area (Å²) in [5.74, 6) is -3.05. The number of para-hydroxylation sites is 1. The number of carboxylic acid groups (broad SMARTS) is 1. The molecule has 4 atom stereocenters. The van der Waals surface area contributed by atoms with Gasteiger partial charge in [0.2, 0.25) is 5.91 Å². The van der Waals surface area contributed by atoms with E-state index in [4.69, 9.17) is 4.74 Å². The average Bonchev–Trinajstić information content (AvgIpc) is 3.01. The van der Waals surface area contributed by atoms with Crippen molar-refractivity contribution in [3.63, 3.8) is 0 Å². The lowest BCUT2D eigenvalue weighted by atomic mass is 9.78. The number of anilines is 1. The van der Waals surface area contributed by atoms with Crippen molar-refractivity contribution in [1.82, 2.24) is 0 Å². The summed E-state index contributed by atoms with van der Waals surface area (Å²) in [4.78, 5) is 23.6. The smallest absolute Gasteiger partial charge is 0.230 e. The second-order valence-corrected chi connectivity index (χ2v) is 5.98. The highest BCUT2D eigenvalue weighted by molar-refractivity contribution is 9.10. The molecule has 3 rings (SSSR count). The number of benzene rings is 1. The standard InChI is InChI=1S/C14H14BrNO4/c15-7-3-1-2-4-8(7)16-13(17)11-9-5-6-10(20-9)12(11)14(18)19/h1-4,9-12H,5-6H2,(H,16,17)(H,18,19)/p-1/t9-,10+,11+,12+/m1/s1. The van der Waals surface area contributed by atoms with Crippen LogP contribution in [0.25, 0.3) is 0 Å². The topological polar surface area (TPSA) is 78.5 Å². The van der Waals surface area contributed by atoms with Gasteiger partial charge in [-0.1, -0.05) is 12.1 Å². The molecule has 0 radical (unpaired) electrons. The van der Waals surface area contributed by atoms with Gasteiger partial charge < -0.3 is 20.0 Å². The first-order valence-electron chi connectivity index (χ1n) is 6.49. The summed E-state index contributed by atoms with van der Waals surface area (Å²) >= 11 is 3.34. The van der Waals surface area contributed by atoms with E-state index in [-0.39, 0.29) is 18.1 Å². The summed E-state index contributed by atoms with van der Waals surface area (Å²) in [7, 11) is 0. The van der Waals surface area contributed by atoms with E-state index in [1.165, 1.54) is 0 Å². The van der Waals surface area contributed by atoms with Crippen molar-refractivity contribution >= 4 is 33.5 Å². The van der Waals surface area contributed by atoms with Crippen molar-refractivity contribution in [3.05, 3.63) is 28.7 Å². The summed E-state index contributed by atoms with van der Waals surface area (Å²) in [6, 6.07) is 7.20. The molecular formula is C14H13BrNO4-. The first-order chi connectivity index (χ1) is 9.58. The Hall–Kier alpha value is -1.40. The molecule has 2 fully saturated rings. The molecule has 2 heterocycles. The average molecular weight is 339 g/mol. The number of amides is 1. The fraction of sp³-hybridized carbons (Fsp3) is 0.429. The van der Waals surface area contributed by atoms with Crippen molar-refractivity contribution < 1.29 is 19.4 Å². The molecule has 1 N–H and O–H groups in total. The fourth-order valence-corrected chi connectivity index (χ4v) is 3.47. The van der Waals surface area contributed by atoms with Crippen LogP contribution in [-0.2, 0) is 14.3 Å². The number of rotatable bonds is 3. The number of hydrogen-bond acceptors (Lipinski definition) is 4. The van der Waals surface area contributed by atoms with Crippen LogP contribution in [0.5, 0.6) is 0 Å². The molecule has 106 valence electrons. The molecule has 1 aromatic rings. The van der Waals surface area contributed by atoms with E-state index in [0.29, 0.717) is 12.1 Å². The van der Waals surface area contributed by atoms with E-state index in [2.05, 4.69) is 21.2 Å². The predicted octanol–water partition coefficient (Wildman–Crippen LogP) is 0.931. The van der Waals surface area contributed by atoms with Gasteiger partial charge in [0.05, 0.1) is 23.8 Å². The number of carbonyl (C=O) groups is 2. The SMILES string of the molecule is O=C([O-])[C@@H]1[C@@H](C(=O)Nc2ccccc2Br)[C@H]2CC[C@@H]1O2. The van der Waals surface area contributed by atoms with Gasteiger partial charge in [-0.15, -0.1) is 0 Å². The summed E-state index contributed by atoms with van der Waals surface area (Å²) in [5.41, 5.74) is 0.623. The molecule has 2 saturated heterocycles. The Morgan fingerprint density at radius 2 is 1.85 bits per heavy atom. The maximum atomic E-state index is 12.4. The summed E-state index contributed by atoms with van der Waals surface area (Å²) in [6.07, 6.45) is 0.704. The first-order valence-corrected chi connectivity index (χ1v) is 7.29. The van der Waals surface area contributed by atoms with Gasteiger partial charge in [0.1, 0.15) is 0 Å². The summed E-state index contributed by atoms with van der Waals surface area (Å²) in [5, 5.41) is 14.0. The molecule has 6 heteroatoms. The van der Waals surface area contributed by atoms with E-state index in [0.717, 1.165) is 10.9 Å². The van der Waals surface area contributed by atoms with E-state index in [1.54, 1.807) is 12.1 Å². The Bertz CT molecular complexity index is 562. The minimum Gasteiger partial charge on any atom is -0.550 e. The van der Waals surface area contributed by atoms with Crippen molar-refractivity contribution in [2.75, 3.05) is 5.32 Å². The van der Waals surface area contributed by atoms with Crippen LogP contribution >= 0.6 is 15.9 Å². The molecule has 2 aliphatic heterocycles. The zero-order chi connectivity index (χ0) is 14.3. The highest BCUT2D eigenvalue weighted by Crippen LogP contribution is 2.43. The van der Waals surface area contributed by atoms with E-state index in [9.17, 15) is 14.7 Å². The molecule has 0 unspecified atom stereocenters. The van der Waals surface area contributed by atoms with Gasteiger partial charge in [-0.05, 0) is 40.9 Å². The van der Waals surface area contributed by atoms with Gasteiger partial charge >= 0.3 is 0 Å². The molecule has 0 aliphatic carbocycles. The number of fused-ring (bicyclic) bond motifs is 2. The number of halogens is 1. The molecule has 5 nitrogen and oxygen atoms in total. The quantitative estimate of drug-likeness (QED) is 0.889. The van der Waals surface area contributed by atoms with Gasteiger partial charge in [-0.25, -0.2) is 0 Å². The number of carboxylic acids is 1. The second kappa shape index (κ2) is 5.18. The Kier molecular flexibility index (Phi) is 3.52. The monoisotopic (exact) mass is 338 g/mol. The largest absolute Gasteiger partial charge is 0.550 e. The second-order valence-electron chi connectivity index (χ2n) is 5.13. The van der Waals surface area contributed by atoms with Gasteiger partial charge in [0, 0.05) is 16.4 Å². The van der Waals surface area contributed by atoms with Gasteiger partial charge in [-0.2, -0.15) is 0 Å². The van der Waals surface area contributed by atoms with Gasteiger partial charge in [0.25, 0.3) is 0 Å². The zero-order valence-corrected chi connectivity index (χ0v) is 12.1. The lowest BCUT2D eigenvalue weighted by Crippen LogP contribution is -2.46. The maximum absolute atomic E-state index is 12.4. The van der Waals surface area contributed by atoms with Gasteiger partial charge in [-0.3, -0.25) is 4.79 Å². The minimum absolute atomic E-state index is 0.314. The fourth-order valence-electron chi connectivity index (χ4n) is 3.09. The molecule has 0 spiro atoms. The maximum Gasteiger partial charge on any atom is 0.230 e. The molecule has 2 bridgehead atoms. The third kappa shape index (κ3) is 2.23. The number of hydrogen-bond donors (Lipinski definition) is 1. The third-order valence-corrected chi connectivity index (χ3v) is 4.67. The van der Waals surface area contributed by atoms with Crippen LogP contribution in [0.1, 0.15) is 12.8 Å². The predicted molar refractivity (Wildman–Crippen MR) is 72.7 cm³/mol. The third-order valence-electron chi connectivity index (χ3n) is 3.98. The number of nitrogens with one attached hydrogen (secondary N) is 1. The van der Waals surface area contributed by atoms with Crippen LogP contribution in [0.3, 0.4) is 0 Å². The van der Waals surface area contributed by atoms with Crippen molar-refractivity contribution in [1.29, 1.82) is 0 Å². The lowest BCUT2D eigenvalue weighted by Gasteiger charge is -2.27. The molecule has 0 aromatic heterocycles. The summed E-state index contributed by atoms with van der Waals surface area (Å²) < 4.78 is 6.31. The highest BCUT2D eigenvalue weighted by Gasteiger charge is 2.52. The zero-order valence-electron chi connectivity index (χ0n) is 10.5. The summed E-state index contributed by atoms with van der Waals surface area (Å²) in [6.45, 7) is 0. The van der Waals surface area contributed by atoms with Crippen LogP contribution < -0.4 is 10.4 Å². The van der Waals surface area contributed by atoms with Crippen LogP contribution in [0.4, 0.5) is 5.69 Å². The van der Waals surface area contributed by atoms with Crippen LogP contribution in [-0.4, -0.2) is 24.1 Å². The number of carbonyl (C=O) groups excluding carboxylic acids is 2. The molecule has 2 aliphatic rings. The van der Waals surface area contributed by atoms with E-state index in [1.807, 2.05) is 12.1 Å². The Morgan fingerprint density at radius 3 is 2.50 bits per heavy atom. The van der Waals surface area contributed by atoms with Crippen molar-refractivity contribution in [2.45, 2.75) is 25.0 Å². The number of aliphatic carboxylic acids is 1. The first kappa shape index (κ1) is 13.6. The highest BCUT2D eigenvalue weighted by atomic mass is 79.9. The van der Waals surface area contributed by atoms with Crippen molar-refractivity contribution in [3.8, 4) is 0 Å². The van der Waals surface area contributed by atoms with Crippen molar-refractivity contribution in [2.24, 2.45) is 11.8 Å². The molecule has 20 heavy (non-hydrogen) atoms.